The summed E-state index contributed by atoms with van der Waals surface area (Å²) in [4.78, 5) is 14.4. The Morgan fingerprint density at radius 3 is 2.93 bits per heavy atom. The van der Waals surface area contributed by atoms with Gasteiger partial charge in [-0.15, -0.1) is 0 Å². The van der Waals surface area contributed by atoms with E-state index in [1.54, 1.807) is 12.4 Å². The first-order chi connectivity index (χ1) is 6.59. The highest BCUT2D eigenvalue weighted by Gasteiger charge is 2.10. The number of hydrogen-bond acceptors (Lipinski definition) is 3. The predicted octanol–water partition coefficient (Wildman–Crippen LogP) is 1.38. The van der Waals surface area contributed by atoms with Crippen LogP contribution >= 0.6 is 0 Å². The molecular weight excluding hydrogens is 182 g/mol. The lowest BCUT2D eigenvalue weighted by Gasteiger charge is -2.08. The van der Waals surface area contributed by atoms with Gasteiger partial charge in [0.15, 0.2) is 6.10 Å². The van der Waals surface area contributed by atoms with Gasteiger partial charge in [0, 0.05) is 12.4 Å². The van der Waals surface area contributed by atoms with Crippen molar-refractivity contribution in [1.82, 2.24) is 4.98 Å². The van der Waals surface area contributed by atoms with Crippen LogP contribution in [0.25, 0.3) is 0 Å². The second-order valence-corrected chi connectivity index (χ2v) is 3.16. The smallest absolute Gasteiger partial charge is 0.332 e. The first-order valence-corrected chi connectivity index (χ1v) is 4.34. The van der Waals surface area contributed by atoms with Crippen molar-refractivity contribution in [3.8, 4) is 0 Å². The number of ether oxygens (including phenoxy) is 1. The average Bonchev–Trinajstić information content (AvgIpc) is 2.14. The van der Waals surface area contributed by atoms with Gasteiger partial charge in [-0.2, -0.15) is 0 Å². The van der Waals surface area contributed by atoms with Gasteiger partial charge >= 0.3 is 5.97 Å². The third-order valence-corrected chi connectivity index (χ3v) is 1.78. The van der Waals surface area contributed by atoms with Gasteiger partial charge in [0.1, 0.15) is 0 Å². The molecule has 0 aromatic carbocycles. The fraction of sp³-hybridized carbons (Fsp3) is 0.400. The first kappa shape index (κ1) is 10.7. The Kier molecular flexibility index (Phi) is 3.59. The minimum absolute atomic E-state index is 0.280. The highest BCUT2D eigenvalue weighted by molar-refractivity contribution is 5.71. The molecule has 1 atom stereocenters. The number of nitrogens with zero attached hydrogens (tertiary/aromatic N) is 1. The van der Waals surface area contributed by atoms with Crippen LogP contribution in [0.4, 0.5) is 0 Å². The maximum Gasteiger partial charge on any atom is 0.332 e. The lowest BCUT2D eigenvalue weighted by molar-refractivity contribution is -0.149. The molecule has 0 aliphatic rings. The van der Waals surface area contributed by atoms with E-state index in [0.29, 0.717) is 0 Å². The number of carboxylic acids is 1. The predicted molar refractivity (Wildman–Crippen MR) is 50.9 cm³/mol. The van der Waals surface area contributed by atoms with Crippen molar-refractivity contribution >= 4 is 5.97 Å². The van der Waals surface area contributed by atoms with Crippen molar-refractivity contribution in [3.63, 3.8) is 0 Å². The normalized spacial score (nSPS) is 12.4. The molecule has 0 aliphatic heterocycles. The van der Waals surface area contributed by atoms with Gasteiger partial charge in [0.05, 0.1) is 6.61 Å². The maximum atomic E-state index is 10.4. The van der Waals surface area contributed by atoms with Crippen molar-refractivity contribution in [2.24, 2.45) is 0 Å². The molecule has 14 heavy (non-hydrogen) atoms. The minimum atomic E-state index is -0.953. The van der Waals surface area contributed by atoms with Gasteiger partial charge in [0.2, 0.25) is 0 Å². The monoisotopic (exact) mass is 195 g/mol. The fourth-order valence-corrected chi connectivity index (χ4v) is 0.989. The van der Waals surface area contributed by atoms with E-state index in [0.717, 1.165) is 11.1 Å². The van der Waals surface area contributed by atoms with Crippen molar-refractivity contribution < 1.29 is 14.6 Å². The van der Waals surface area contributed by atoms with Crippen LogP contribution in [0.1, 0.15) is 18.1 Å². The summed E-state index contributed by atoms with van der Waals surface area (Å²) >= 11 is 0. The van der Waals surface area contributed by atoms with E-state index in [9.17, 15) is 4.79 Å². The zero-order valence-corrected chi connectivity index (χ0v) is 8.23. The number of aromatic nitrogens is 1. The quantitative estimate of drug-likeness (QED) is 0.788. The van der Waals surface area contributed by atoms with Crippen LogP contribution in [-0.2, 0) is 16.1 Å². The summed E-state index contributed by atoms with van der Waals surface area (Å²) < 4.78 is 5.10. The second-order valence-electron chi connectivity index (χ2n) is 3.16. The van der Waals surface area contributed by atoms with Crippen LogP contribution in [0.3, 0.4) is 0 Å². The SMILES string of the molecule is Cc1cncc(CO[C@H](C)C(=O)O)c1. The van der Waals surface area contributed by atoms with Gasteiger partial charge in [0.25, 0.3) is 0 Å². The maximum absolute atomic E-state index is 10.4. The van der Waals surface area contributed by atoms with Crippen LogP contribution in [0.2, 0.25) is 0 Å². The van der Waals surface area contributed by atoms with Crippen LogP contribution < -0.4 is 0 Å². The molecule has 0 spiro atoms. The Labute approximate surface area is 82.5 Å². The van der Waals surface area contributed by atoms with E-state index in [-0.39, 0.29) is 6.61 Å². The number of aryl methyl sites for hydroxylation is 1. The summed E-state index contributed by atoms with van der Waals surface area (Å²) in [5, 5.41) is 8.57. The molecule has 0 fully saturated rings. The molecule has 1 heterocycles. The topological polar surface area (TPSA) is 59.4 Å². The molecular formula is C10H13NO3. The summed E-state index contributed by atoms with van der Waals surface area (Å²) in [6.45, 7) is 3.71. The van der Waals surface area contributed by atoms with Gasteiger partial charge in [-0.1, -0.05) is 6.07 Å². The molecule has 4 nitrogen and oxygen atoms in total. The van der Waals surface area contributed by atoms with E-state index >= 15 is 0 Å². The summed E-state index contributed by atoms with van der Waals surface area (Å²) in [6, 6.07) is 1.92. The molecule has 1 rings (SSSR count). The lowest BCUT2D eigenvalue weighted by Crippen LogP contribution is -2.19. The van der Waals surface area contributed by atoms with Crippen LogP contribution in [-0.4, -0.2) is 22.2 Å². The molecule has 0 bridgehead atoms. The van der Waals surface area contributed by atoms with Crippen molar-refractivity contribution in [1.29, 1.82) is 0 Å². The minimum Gasteiger partial charge on any atom is -0.479 e. The van der Waals surface area contributed by atoms with E-state index in [4.69, 9.17) is 9.84 Å². The summed E-state index contributed by atoms with van der Waals surface area (Å²) in [5.41, 5.74) is 1.92. The van der Waals surface area contributed by atoms with E-state index in [1.165, 1.54) is 6.92 Å². The molecule has 0 amide bonds. The second kappa shape index (κ2) is 4.72. The number of rotatable bonds is 4. The summed E-state index contributed by atoms with van der Waals surface area (Å²) in [6.07, 6.45) is 2.63. The highest BCUT2D eigenvalue weighted by atomic mass is 16.5. The van der Waals surface area contributed by atoms with Crippen LogP contribution in [0, 0.1) is 6.92 Å². The van der Waals surface area contributed by atoms with Gasteiger partial charge in [-0.3, -0.25) is 4.98 Å². The highest BCUT2D eigenvalue weighted by Crippen LogP contribution is 2.04. The van der Waals surface area contributed by atoms with Crippen LogP contribution in [0.15, 0.2) is 18.5 Å². The van der Waals surface area contributed by atoms with Crippen molar-refractivity contribution in [2.75, 3.05) is 0 Å². The number of carboxylic acid groups (broad SMARTS) is 1. The number of pyridine rings is 1. The molecule has 0 saturated heterocycles. The lowest BCUT2D eigenvalue weighted by atomic mass is 10.2. The van der Waals surface area contributed by atoms with Gasteiger partial charge in [-0.25, -0.2) is 4.79 Å². The Morgan fingerprint density at radius 2 is 2.36 bits per heavy atom. The van der Waals surface area contributed by atoms with Crippen LogP contribution in [0.5, 0.6) is 0 Å². The molecule has 0 unspecified atom stereocenters. The zero-order chi connectivity index (χ0) is 10.6. The summed E-state index contributed by atoms with van der Waals surface area (Å²) in [5.74, 6) is -0.953. The zero-order valence-electron chi connectivity index (χ0n) is 8.23. The third-order valence-electron chi connectivity index (χ3n) is 1.78. The Hall–Kier alpha value is -1.42. The largest absolute Gasteiger partial charge is 0.479 e. The Morgan fingerprint density at radius 1 is 1.64 bits per heavy atom. The Balaban J connectivity index is 2.49. The molecule has 0 aliphatic carbocycles. The molecule has 1 aromatic rings. The molecule has 0 saturated carbocycles. The van der Waals surface area contributed by atoms with E-state index in [2.05, 4.69) is 4.98 Å². The first-order valence-electron chi connectivity index (χ1n) is 4.34. The molecule has 1 aromatic heterocycles. The molecule has 4 heteroatoms. The number of hydrogen-bond donors (Lipinski definition) is 1. The van der Waals surface area contributed by atoms with Crippen molar-refractivity contribution in [3.05, 3.63) is 29.6 Å². The fourth-order valence-electron chi connectivity index (χ4n) is 0.989. The Bertz CT molecular complexity index is 325. The van der Waals surface area contributed by atoms with E-state index < -0.39 is 12.1 Å². The molecule has 76 valence electrons. The van der Waals surface area contributed by atoms with Crippen molar-refractivity contribution in [2.45, 2.75) is 26.6 Å². The average molecular weight is 195 g/mol. The summed E-state index contributed by atoms with van der Waals surface area (Å²) in [7, 11) is 0. The van der Waals surface area contributed by atoms with E-state index in [1.807, 2.05) is 13.0 Å². The molecule has 0 radical (unpaired) electrons. The number of carbonyl (C=O) groups is 1. The standard InChI is InChI=1S/C10H13NO3/c1-7-3-9(5-11-4-7)6-14-8(2)10(12)13/h3-5,8H,6H2,1-2H3,(H,12,13)/t8-/m1/s1. The van der Waals surface area contributed by atoms with Gasteiger partial charge in [-0.05, 0) is 25.0 Å². The molecule has 1 N–H and O–H groups in total. The number of aliphatic carboxylic acids is 1. The third kappa shape index (κ3) is 3.14. The van der Waals surface area contributed by atoms with Gasteiger partial charge < -0.3 is 9.84 Å².